The number of hydrogen-bond acceptors (Lipinski definition) is 7. The van der Waals surface area contributed by atoms with Crippen molar-refractivity contribution in [2.75, 3.05) is 44.6 Å². The summed E-state index contributed by atoms with van der Waals surface area (Å²) < 4.78 is 39.3. The van der Waals surface area contributed by atoms with E-state index in [2.05, 4.69) is 15.6 Å². The lowest BCUT2D eigenvalue weighted by Crippen LogP contribution is -2.57. The summed E-state index contributed by atoms with van der Waals surface area (Å²) in [4.78, 5) is 42.3. The van der Waals surface area contributed by atoms with Crippen LogP contribution in [0.15, 0.2) is 60.8 Å². The second-order valence-electron chi connectivity index (χ2n) is 10.8. The molecule has 0 aliphatic rings. The Kier molecular flexibility index (Phi) is 12.2. The number of halogens is 3. The number of aliphatic carboxylic acids is 1. The summed E-state index contributed by atoms with van der Waals surface area (Å²) >= 11 is 0. The fourth-order valence-corrected chi connectivity index (χ4v) is 5.11. The second-order valence-corrected chi connectivity index (χ2v) is 10.8. The van der Waals surface area contributed by atoms with Crippen LogP contribution in [0.4, 0.5) is 18.9 Å². The van der Waals surface area contributed by atoms with E-state index in [-0.39, 0.29) is 37.0 Å². The van der Waals surface area contributed by atoms with Gasteiger partial charge in [-0.25, -0.2) is 4.79 Å². The van der Waals surface area contributed by atoms with Crippen molar-refractivity contribution in [1.82, 2.24) is 10.3 Å². The number of carbonyl (C=O) groups excluding carboxylic acids is 2. The van der Waals surface area contributed by atoms with Gasteiger partial charge < -0.3 is 37.4 Å². The molecule has 14 heteroatoms. The van der Waals surface area contributed by atoms with E-state index in [0.29, 0.717) is 37.3 Å². The van der Waals surface area contributed by atoms with Gasteiger partial charge in [0.2, 0.25) is 11.8 Å². The number of nitrogens with zero attached hydrogens (tertiary/aromatic N) is 2. The third-order valence-corrected chi connectivity index (χ3v) is 7.37. The number of aromatic nitrogens is 1. The third-order valence-electron chi connectivity index (χ3n) is 7.37. The Morgan fingerprint density at radius 1 is 0.955 bits per heavy atom. The zero-order valence-corrected chi connectivity index (χ0v) is 24.2. The Balaban J connectivity index is 1.73. The number of anilines is 1. The standard InChI is InChI=1S/C30H38F3N7O4/c31-30(32,33)22-9-7-20(8-10-22)16-26(29(44)38-23-17-21-4-1-2-6-25(21)37-18-23)39-28(43)24(36)5-3-13-40(14-11-34,15-12-35)19-27(41)42/h1-2,4,6-10,17-18,24,26H,3,5,11-16,19,34-36H2,(H2-,38,39,41,42,43,44)/p+1/t24-,26+/m0/s1. The maximum atomic E-state index is 13.4. The first kappa shape index (κ1) is 34.4. The van der Waals surface area contributed by atoms with Crippen molar-refractivity contribution in [3.8, 4) is 0 Å². The highest BCUT2D eigenvalue weighted by Gasteiger charge is 2.32. The van der Waals surface area contributed by atoms with Crippen molar-refractivity contribution in [2.45, 2.75) is 37.5 Å². The summed E-state index contributed by atoms with van der Waals surface area (Å²) in [7, 11) is 0. The van der Waals surface area contributed by atoms with Crippen molar-refractivity contribution in [2.24, 2.45) is 17.2 Å². The van der Waals surface area contributed by atoms with Crippen LogP contribution in [-0.4, -0.2) is 83.7 Å². The number of para-hydroxylation sites is 1. The Labute approximate surface area is 253 Å². The van der Waals surface area contributed by atoms with Crippen LogP contribution in [0.2, 0.25) is 0 Å². The lowest BCUT2D eigenvalue weighted by Gasteiger charge is -2.37. The average molecular weight is 619 g/mol. The minimum atomic E-state index is -4.52. The summed E-state index contributed by atoms with van der Waals surface area (Å²) in [6, 6.07) is 11.1. The van der Waals surface area contributed by atoms with Crippen LogP contribution in [-0.2, 0) is 27.0 Å². The van der Waals surface area contributed by atoms with Gasteiger partial charge in [0.25, 0.3) is 0 Å². The first-order valence-corrected chi connectivity index (χ1v) is 14.2. The summed E-state index contributed by atoms with van der Waals surface area (Å²) in [6.07, 6.45) is -2.58. The van der Waals surface area contributed by atoms with Crippen molar-refractivity contribution < 1.29 is 37.1 Å². The van der Waals surface area contributed by atoms with Gasteiger partial charge in [0.1, 0.15) is 6.04 Å². The van der Waals surface area contributed by atoms with Crippen molar-refractivity contribution in [3.05, 3.63) is 71.9 Å². The Morgan fingerprint density at radius 2 is 1.61 bits per heavy atom. The number of amides is 2. The molecule has 0 spiro atoms. The van der Waals surface area contributed by atoms with Gasteiger partial charge in [-0.3, -0.25) is 14.6 Å². The Hall–Kier alpha value is -4.11. The maximum Gasteiger partial charge on any atom is 0.416 e. The lowest BCUT2D eigenvalue weighted by atomic mass is 10.0. The quantitative estimate of drug-likeness (QED) is 0.131. The monoisotopic (exact) mass is 618 g/mol. The van der Waals surface area contributed by atoms with Crippen molar-refractivity contribution in [1.29, 1.82) is 0 Å². The molecule has 2 atom stereocenters. The average Bonchev–Trinajstić information content (AvgIpc) is 2.96. The van der Waals surface area contributed by atoms with E-state index >= 15 is 0 Å². The maximum absolute atomic E-state index is 13.4. The number of hydrogen-bond donors (Lipinski definition) is 6. The van der Waals surface area contributed by atoms with E-state index in [9.17, 15) is 32.7 Å². The molecule has 0 bridgehead atoms. The topological polar surface area (TPSA) is 186 Å². The van der Waals surface area contributed by atoms with Gasteiger partial charge in [0.05, 0.1) is 48.6 Å². The van der Waals surface area contributed by atoms with Crippen LogP contribution in [0.3, 0.4) is 0 Å². The molecule has 1 aromatic heterocycles. The molecule has 0 saturated heterocycles. The number of carboxylic acids is 1. The molecule has 11 nitrogen and oxygen atoms in total. The highest BCUT2D eigenvalue weighted by molar-refractivity contribution is 5.99. The number of carboxylic acid groups (broad SMARTS) is 1. The predicted molar refractivity (Wildman–Crippen MR) is 160 cm³/mol. The molecular weight excluding hydrogens is 579 g/mol. The first-order chi connectivity index (χ1) is 20.9. The summed E-state index contributed by atoms with van der Waals surface area (Å²) in [6.45, 7) is 1.51. The smallest absolute Gasteiger partial charge is 0.416 e. The number of carbonyl (C=O) groups is 3. The summed E-state index contributed by atoms with van der Waals surface area (Å²) in [5.41, 5.74) is 18.3. The fraction of sp³-hybridized carbons (Fsp3) is 0.400. The molecule has 3 rings (SSSR count). The predicted octanol–water partition coefficient (Wildman–Crippen LogP) is 1.85. The van der Waals surface area contributed by atoms with E-state index < -0.39 is 41.6 Å². The molecule has 0 aliphatic heterocycles. The van der Waals surface area contributed by atoms with Gasteiger partial charge in [-0.1, -0.05) is 30.3 Å². The zero-order valence-electron chi connectivity index (χ0n) is 24.2. The van der Waals surface area contributed by atoms with E-state index in [4.69, 9.17) is 17.2 Å². The van der Waals surface area contributed by atoms with Gasteiger partial charge in [0, 0.05) is 24.9 Å². The zero-order chi connectivity index (χ0) is 32.3. The molecule has 0 fully saturated rings. The van der Waals surface area contributed by atoms with Crippen LogP contribution >= 0.6 is 0 Å². The Bertz CT molecular complexity index is 1410. The van der Waals surface area contributed by atoms with E-state index in [1.54, 1.807) is 6.07 Å². The molecule has 2 amide bonds. The van der Waals surface area contributed by atoms with Crippen LogP contribution in [0.25, 0.3) is 10.9 Å². The van der Waals surface area contributed by atoms with E-state index in [1.165, 1.54) is 18.3 Å². The molecule has 0 unspecified atom stereocenters. The van der Waals surface area contributed by atoms with Crippen molar-refractivity contribution in [3.63, 3.8) is 0 Å². The number of quaternary nitrogens is 1. The van der Waals surface area contributed by atoms with Crippen LogP contribution in [0.1, 0.15) is 24.0 Å². The first-order valence-electron chi connectivity index (χ1n) is 14.2. The van der Waals surface area contributed by atoms with Gasteiger partial charge in [-0.15, -0.1) is 0 Å². The largest absolute Gasteiger partial charge is 0.477 e. The lowest BCUT2D eigenvalue weighted by molar-refractivity contribution is -0.919. The minimum absolute atomic E-state index is 0.102. The molecule has 0 aliphatic carbocycles. The summed E-state index contributed by atoms with van der Waals surface area (Å²) in [5.74, 6) is -2.24. The molecule has 2 aromatic carbocycles. The highest BCUT2D eigenvalue weighted by atomic mass is 19.4. The van der Waals surface area contributed by atoms with Crippen molar-refractivity contribution >= 4 is 34.4 Å². The Morgan fingerprint density at radius 3 is 2.23 bits per heavy atom. The number of alkyl halides is 3. The molecule has 1 heterocycles. The third kappa shape index (κ3) is 9.98. The van der Waals surface area contributed by atoms with Gasteiger partial charge in [-0.2, -0.15) is 13.2 Å². The fourth-order valence-electron chi connectivity index (χ4n) is 5.11. The molecule has 238 valence electrons. The van der Waals surface area contributed by atoms with E-state index in [1.807, 2.05) is 24.3 Å². The van der Waals surface area contributed by atoms with Crippen LogP contribution in [0.5, 0.6) is 0 Å². The number of benzene rings is 2. The van der Waals surface area contributed by atoms with Gasteiger partial charge in [0.15, 0.2) is 6.54 Å². The number of pyridine rings is 1. The number of nitrogens with one attached hydrogen (secondary N) is 2. The van der Waals surface area contributed by atoms with Crippen LogP contribution in [0, 0.1) is 0 Å². The van der Waals surface area contributed by atoms with Gasteiger partial charge in [-0.05, 0) is 42.7 Å². The number of nitrogens with two attached hydrogens (primary N) is 3. The molecule has 0 saturated carbocycles. The minimum Gasteiger partial charge on any atom is -0.477 e. The molecular formula is C30H39F3N7O4+. The van der Waals surface area contributed by atoms with Gasteiger partial charge >= 0.3 is 12.1 Å². The van der Waals surface area contributed by atoms with Crippen LogP contribution < -0.4 is 27.8 Å². The second kappa shape index (κ2) is 15.6. The molecule has 3 aromatic rings. The SMILES string of the molecule is NCC[N+](CCN)(CCC[C@H](N)C(=O)N[C@H](Cc1ccc(C(F)(F)F)cc1)C(=O)Nc1cnc2ccccc2c1)CC(=O)O. The number of rotatable bonds is 16. The molecule has 44 heavy (non-hydrogen) atoms. The molecule has 0 radical (unpaired) electrons. The normalized spacial score (nSPS) is 13.3. The highest BCUT2D eigenvalue weighted by Crippen LogP contribution is 2.29. The van der Waals surface area contributed by atoms with E-state index in [0.717, 1.165) is 23.0 Å². The summed E-state index contributed by atoms with van der Waals surface area (Å²) in [5, 5.41) is 15.5. The number of fused-ring (bicyclic) bond motifs is 1. The molecule has 9 N–H and O–H groups in total.